The van der Waals surface area contributed by atoms with E-state index in [1.54, 1.807) is 12.3 Å². The third kappa shape index (κ3) is 3.27. The van der Waals surface area contributed by atoms with Crippen LogP contribution < -0.4 is 4.74 Å². The van der Waals surface area contributed by atoms with Gasteiger partial charge in [0.15, 0.2) is 0 Å². The SMILES string of the molecule is N#C/N=C1/CC(c2ccccn2)Oc2ccc(-c3cccc(C#N)c3)cc21. The standard InChI is InChI=1S/C22H14N4O/c23-13-15-4-3-5-16(10-15)17-7-8-21-18(11-17)20(26-14-24)12-22(27-21)19-6-1-2-9-25-19/h1-11,22H,12H2/b26-20-. The Morgan fingerprint density at radius 1 is 1.00 bits per heavy atom. The molecule has 5 nitrogen and oxygen atoms in total. The molecule has 0 saturated heterocycles. The molecule has 0 spiro atoms. The predicted molar refractivity (Wildman–Crippen MR) is 101 cm³/mol. The fourth-order valence-corrected chi connectivity index (χ4v) is 3.18. The van der Waals surface area contributed by atoms with Crippen molar-refractivity contribution in [3.8, 4) is 29.1 Å². The summed E-state index contributed by atoms with van der Waals surface area (Å²) in [4.78, 5) is 8.39. The van der Waals surface area contributed by atoms with Gasteiger partial charge in [-0.25, -0.2) is 0 Å². The fourth-order valence-electron chi connectivity index (χ4n) is 3.18. The summed E-state index contributed by atoms with van der Waals surface area (Å²) in [7, 11) is 0. The summed E-state index contributed by atoms with van der Waals surface area (Å²) < 4.78 is 6.13. The Morgan fingerprint density at radius 3 is 2.67 bits per heavy atom. The van der Waals surface area contributed by atoms with Crippen molar-refractivity contribution >= 4 is 5.71 Å². The van der Waals surface area contributed by atoms with Gasteiger partial charge < -0.3 is 4.74 Å². The minimum atomic E-state index is -0.279. The first-order valence-electron chi connectivity index (χ1n) is 8.46. The molecule has 1 aliphatic heterocycles. The first-order chi connectivity index (χ1) is 13.3. The maximum atomic E-state index is 9.13. The molecule has 0 fully saturated rings. The Kier molecular flexibility index (Phi) is 4.35. The van der Waals surface area contributed by atoms with Crippen molar-refractivity contribution in [1.82, 2.24) is 4.98 Å². The molecule has 128 valence electrons. The molecule has 0 radical (unpaired) electrons. The molecule has 0 bridgehead atoms. The topological polar surface area (TPSA) is 82.1 Å². The van der Waals surface area contributed by atoms with E-state index >= 15 is 0 Å². The zero-order valence-corrected chi connectivity index (χ0v) is 14.3. The van der Waals surface area contributed by atoms with Crippen LogP contribution in [-0.4, -0.2) is 10.7 Å². The molecular formula is C22H14N4O. The van der Waals surface area contributed by atoms with E-state index in [1.807, 2.05) is 60.8 Å². The average Bonchev–Trinajstić information content (AvgIpc) is 2.74. The van der Waals surface area contributed by atoms with Crippen molar-refractivity contribution in [1.29, 1.82) is 10.5 Å². The smallest absolute Gasteiger partial charge is 0.205 e. The summed E-state index contributed by atoms with van der Waals surface area (Å²) in [6.07, 6.45) is 3.81. The van der Waals surface area contributed by atoms with E-state index in [9.17, 15) is 0 Å². The van der Waals surface area contributed by atoms with Crippen molar-refractivity contribution in [3.05, 3.63) is 83.7 Å². The Morgan fingerprint density at radius 2 is 1.89 bits per heavy atom. The van der Waals surface area contributed by atoms with E-state index in [0.29, 0.717) is 23.4 Å². The zero-order chi connectivity index (χ0) is 18.6. The van der Waals surface area contributed by atoms with Gasteiger partial charge in [-0.15, -0.1) is 0 Å². The lowest BCUT2D eigenvalue weighted by molar-refractivity contribution is 0.201. The third-order valence-corrected chi connectivity index (χ3v) is 4.47. The number of nitriles is 2. The van der Waals surface area contributed by atoms with Crippen LogP contribution in [0.3, 0.4) is 0 Å². The third-order valence-electron chi connectivity index (χ3n) is 4.47. The van der Waals surface area contributed by atoms with Crippen LogP contribution in [0.25, 0.3) is 11.1 Å². The maximum absolute atomic E-state index is 9.13. The molecule has 1 atom stereocenters. The van der Waals surface area contributed by atoms with Gasteiger partial charge >= 0.3 is 0 Å². The van der Waals surface area contributed by atoms with Crippen molar-refractivity contribution < 1.29 is 4.74 Å². The lowest BCUT2D eigenvalue weighted by atomic mass is 9.94. The first-order valence-corrected chi connectivity index (χ1v) is 8.46. The van der Waals surface area contributed by atoms with Gasteiger partial charge in [0.2, 0.25) is 6.19 Å². The highest BCUT2D eigenvalue weighted by molar-refractivity contribution is 6.05. The van der Waals surface area contributed by atoms with Crippen molar-refractivity contribution in [3.63, 3.8) is 0 Å². The second-order valence-electron chi connectivity index (χ2n) is 6.13. The minimum absolute atomic E-state index is 0.279. The number of ether oxygens (including phenoxy) is 1. The molecule has 1 aliphatic rings. The average molecular weight is 350 g/mol. The van der Waals surface area contributed by atoms with Gasteiger partial charge in [0.1, 0.15) is 11.9 Å². The number of hydrogen-bond acceptors (Lipinski definition) is 5. The lowest BCUT2D eigenvalue weighted by Gasteiger charge is -2.27. The predicted octanol–water partition coefficient (Wildman–Crippen LogP) is 4.41. The number of aromatic nitrogens is 1. The van der Waals surface area contributed by atoms with Gasteiger partial charge in [-0.3, -0.25) is 4.98 Å². The van der Waals surface area contributed by atoms with E-state index < -0.39 is 0 Å². The molecule has 2 aromatic carbocycles. The van der Waals surface area contributed by atoms with E-state index in [1.165, 1.54) is 0 Å². The van der Waals surface area contributed by atoms with Crippen LogP contribution in [0.15, 0.2) is 71.9 Å². The maximum Gasteiger partial charge on any atom is 0.205 e. The molecule has 1 unspecified atom stereocenters. The van der Waals surface area contributed by atoms with E-state index in [4.69, 9.17) is 15.3 Å². The molecular weight excluding hydrogens is 336 g/mol. The molecule has 0 N–H and O–H groups in total. The Balaban J connectivity index is 1.76. The molecule has 1 aromatic heterocycles. The van der Waals surface area contributed by atoms with Crippen LogP contribution in [-0.2, 0) is 0 Å². The summed E-state index contributed by atoms with van der Waals surface area (Å²) in [6, 6.07) is 21.0. The van der Waals surface area contributed by atoms with Crippen LogP contribution in [0, 0.1) is 22.8 Å². The Bertz CT molecular complexity index is 1110. The molecule has 0 saturated carbocycles. The summed E-state index contributed by atoms with van der Waals surface area (Å²) in [5.74, 6) is 0.672. The van der Waals surface area contributed by atoms with E-state index in [0.717, 1.165) is 22.4 Å². The van der Waals surface area contributed by atoms with Crippen LogP contribution in [0.5, 0.6) is 5.75 Å². The van der Waals surface area contributed by atoms with Crippen LogP contribution in [0.1, 0.15) is 29.3 Å². The van der Waals surface area contributed by atoms with E-state index in [2.05, 4.69) is 16.0 Å². The number of nitrogens with zero attached hydrogens (tertiary/aromatic N) is 4. The molecule has 2 heterocycles. The highest BCUT2D eigenvalue weighted by Gasteiger charge is 2.27. The van der Waals surface area contributed by atoms with Crippen LogP contribution in [0.4, 0.5) is 0 Å². The van der Waals surface area contributed by atoms with Gasteiger partial charge in [0.05, 0.1) is 23.0 Å². The van der Waals surface area contributed by atoms with Crippen LogP contribution >= 0.6 is 0 Å². The van der Waals surface area contributed by atoms with Gasteiger partial charge in [-0.1, -0.05) is 24.3 Å². The largest absolute Gasteiger partial charge is 0.483 e. The fraction of sp³-hybridized carbons (Fsp3) is 0.0909. The molecule has 5 heteroatoms. The quantitative estimate of drug-likeness (QED) is 0.641. The second kappa shape index (κ2) is 7.11. The number of aliphatic imine (C=N–C) groups is 1. The minimum Gasteiger partial charge on any atom is -0.483 e. The van der Waals surface area contributed by atoms with Gasteiger partial charge in [-0.05, 0) is 47.5 Å². The highest BCUT2D eigenvalue weighted by Crippen LogP contribution is 2.37. The number of benzene rings is 2. The normalized spacial score (nSPS) is 16.7. The highest BCUT2D eigenvalue weighted by atomic mass is 16.5. The van der Waals surface area contributed by atoms with Crippen molar-refractivity contribution in [2.75, 3.05) is 0 Å². The molecule has 0 aliphatic carbocycles. The molecule has 0 amide bonds. The van der Waals surface area contributed by atoms with Crippen molar-refractivity contribution in [2.45, 2.75) is 12.5 Å². The summed E-state index contributed by atoms with van der Waals surface area (Å²) >= 11 is 0. The number of hydrogen-bond donors (Lipinski definition) is 0. The number of pyridine rings is 1. The summed E-state index contributed by atoms with van der Waals surface area (Å²) in [6.45, 7) is 0. The molecule has 3 aromatic rings. The lowest BCUT2D eigenvalue weighted by Crippen LogP contribution is -2.21. The van der Waals surface area contributed by atoms with Gasteiger partial charge in [-0.2, -0.15) is 15.5 Å². The Hall–Kier alpha value is -3.96. The van der Waals surface area contributed by atoms with Crippen LogP contribution in [0.2, 0.25) is 0 Å². The van der Waals surface area contributed by atoms with Gasteiger partial charge in [0, 0.05) is 18.2 Å². The Labute approximate surface area is 156 Å². The summed E-state index contributed by atoms with van der Waals surface area (Å²) in [5, 5.41) is 18.2. The number of rotatable bonds is 2. The van der Waals surface area contributed by atoms with Crippen molar-refractivity contribution in [2.24, 2.45) is 4.99 Å². The summed E-state index contributed by atoms with van der Waals surface area (Å²) in [5.41, 5.74) is 4.75. The first kappa shape index (κ1) is 16.5. The van der Waals surface area contributed by atoms with Gasteiger partial charge in [0.25, 0.3) is 0 Å². The number of fused-ring (bicyclic) bond motifs is 1. The molecule has 4 rings (SSSR count). The van der Waals surface area contributed by atoms with E-state index in [-0.39, 0.29) is 6.10 Å². The molecule has 27 heavy (non-hydrogen) atoms. The second-order valence-corrected chi connectivity index (χ2v) is 6.13. The monoisotopic (exact) mass is 350 g/mol. The zero-order valence-electron chi connectivity index (χ0n) is 14.3.